The topological polar surface area (TPSA) is 108 Å². The van der Waals surface area contributed by atoms with Crippen LogP contribution in [0.25, 0.3) is 0 Å². The predicted octanol–water partition coefficient (Wildman–Crippen LogP) is 4.38. The Bertz CT molecular complexity index is 1760. The molecule has 10 nitrogen and oxygen atoms in total. The SMILES string of the molecule is COC(=O)OCOc1c2n(ccc1=O)N[C@]13C[C@@]1(c1cccc4c1Cc1c(Cl)cccc1CS4)OC1(CC1)CN3C2=O. The summed E-state index contributed by atoms with van der Waals surface area (Å²) in [5.41, 5.74) is 5.48. The smallest absolute Gasteiger partial charge is 0.451 e. The molecular weight excluding hydrogens is 582 g/mol. The van der Waals surface area contributed by atoms with Crippen LogP contribution in [-0.4, -0.2) is 53.3 Å². The second-order valence-electron chi connectivity index (χ2n) is 11.4. The molecule has 216 valence electrons. The summed E-state index contributed by atoms with van der Waals surface area (Å²) in [6.07, 6.45) is 3.45. The van der Waals surface area contributed by atoms with Crippen molar-refractivity contribution >= 4 is 35.4 Å². The summed E-state index contributed by atoms with van der Waals surface area (Å²) in [5, 5.41) is 0.746. The molecule has 2 aliphatic carbocycles. The van der Waals surface area contributed by atoms with Crippen LogP contribution in [0, 0.1) is 0 Å². The number of aromatic nitrogens is 1. The zero-order chi connectivity index (χ0) is 28.9. The molecule has 1 N–H and O–H groups in total. The number of benzene rings is 2. The highest BCUT2D eigenvalue weighted by Crippen LogP contribution is 2.70. The van der Waals surface area contributed by atoms with E-state index < -0.39 is 35.2 Å². The third-order valence-electron chi connectivity index (χ3n) is 9.03. The lowest BCUT2D eigenvalue weighted by Gasteiger charge is -2.48. The Labute approximate surface area is 249 Å². The van der Waals surface area contributed by atoms with Gasteiger partial charge in [0.25, 0.3) is 5.91 Å². The molecule has 12 heteroatoms. The third kappa shape index (κ3) is 3.59. The molecule has 0 unspecified atom stereocenters. The molecule has 42 heavy (non-hydrogen) atoms. The average molecular weight is 608 g/mol. The molecule has 2 aromatic carbocycles. The Balaban J connectivity index is 1.23. The van der Waals surface area contributed by atoms with Crippen molar-refractivity contribution < 1.29 is 28.5 Å². The Morgan fingerprint density at radius 2 is 1.98 bits per heavy atom. The van der Waals surface area contributed by atoms with Gasteiger partial charge in [-0.1, -0.05) is 35.9 Å². The van der Waals surface area contributed by atoms with Gasteiger partial charge in [-0.3, -0.25) is 19.7 Å². The lowest BCUT2D eigenvalue weighted by Crippen LogP contribution is -2.65. The van der Waals surface area contributed by atoms with Gasteiger partial charge < -0.3 is 23.8 Å². The maximum atomic E-state index is 14.3. The van der Waals surface area contributed by atoms with Gasteiger partial charge in [0.15, 0.2) is 11.4 Å². The number of hydrogen-bond donors (Lipinski definition) is 1. The van der Waals surface area contributed by atoms with Crippen LogP contribution in [0.5, 0.6) is 5.75 Å². The molecule has 4 heterocycles. The molecule has 3 fully saturated rings. The molecule has 0 radical (unpaired) electrons. The van der Waals surface area contributed by atoms with Crippen molar-refractivity contribution in [2.75, 3.05) is 25.9 Å². The number of halogens is 1. The van der Waals surface area contributed by atoms with Crippen molar-refractivity contribution in [2.45, 2.75) is 53.2 Å². The van der Waals surface area contributed by atoms with Gasteiger partial charge in [0.05, 0.1) is 19.3 Å². The third-order valence-corrected chi connectivity index (χ3v) is 10.5. The van der Waals surface area contributed by atoms with E-state index in [4.69, 9.17) is 25.8 Å². The zero-order valence-corrected chi connectivity index (χ0v) is 24.2. The molecule has 0 bridgehead atoms. The largest absolute Gasteiger partial charge is 0.510 e. The lowest BCUT2D eigenvalue weighted by molar-refractivity contribution is -0.129. The number of rotatable bonds is 4. The van der Waals surface area contributed by atoms with Gasteiger partial charge in [-0.2, -0.15) is 0 Å². The number of amides is 1. The van der Waals surface area contributed by atoms with E-state index in [0.717, 1.165) is 40.3 Å². The van der Waals surface area contributed by atoms with E-state index in [1.165, 1.54) is 34.5 Å². The van der Waals surface area contributed by atoms with E-state index in [9.17, 15) is 14.4 Å². The molecule has 2 spiro atoms. The number of methoxy groups -OCH3 is 1. The highest BCUT2D eigenvalue weighted by atomic mass is 35.5. The number of hydrogen-bond acceptors (Lipinski definition) is 9. The highest BCUT2D eigenvalue weighted by Gasteiger charge is 2.82. The molecule has 2 saturated carbocycles. The van der Waals surface area contributed by atoms with Gasteiger partial charge in [-0.15, -0.1) is 11.8 Å². The summed E-state index contributed by atoms with van der Waals surface area (Å²) >= 11 is 8.50. The second-order valence-corrected chi connectivity index (χ2v) is 12.8. The van der Waals surface area contributed by atoms with E-state index in [0.29, 0.717) is 19.4 Å². The quantitative estimate of drug-likeness (QED) is 0.341. The van der Waals surface area contributed by atoms with Crippen molar-refractivity contribution in [3.63, 3.8) is 0 Å². The summed E-state index contributed by atoms with van der Waals surface area (Å²) in [6, 6.07) is 13.7. The standard InChI is InChI=1S/C30H26ClN3O7S/c1-38-27(37)40-16-39-25-22(35)8-11-34-24(25)26(36)33-15-28(9-10-28)41-29(14-30(29,33)32-34)20-5-3-7-23-19(20)12-18-17(13-42-23)4-2-6-21(18)31/h2-8,11,32H,9-10,12-16H2,1H3/t29-,30-/m0/s1. The van der Waals surface area contributed by atoms with Crippen LogP contribution in [0.3, 0.4) is 0 Å². The predicted molar refractivity (Wildman–Crippen MR) is 152 cm³/mol. The molecule has 8 rings (SSSR count). The van der Waals surface area contributed by atoms with Crippen molar-refractivity contribution in [2.24, 2.45) is 0 Å². The Morgan fingerprint density at radius 3 is 2.79 bits per heavy atom. The molecule has 1 saturated heterocycles. The van der Waals surface area contributed by atoms with E-state index in [1.54, 1.807) is 11.8 Å². The fraction of sp³-hybridized carbons (Fsp3) is 0.367. The van der Waals surface area contributed by atoms with Crippen molar-refractivity contribution in [1.29, 1.82) is 0 Å². The number of fused-ring (bicyclic) bond motifs is 3. The molecule has 3 aliphatic heterocycles. The highest BCUT2D eigenvalue weighted by molar-refractivity contribution is 7.98. The number of nitrogens with one attached hydrogen (secondary N) is 1. The maximum absolute atomic E-state index is 14.3. The van der Waals surface area contributed by atoms with Crippen LogP contribution in [0.2, 0.25) is 5.02 Å². The normalized spacial score (nSPS) is 25.5. The number of ether oxygens (including phenoxy) is 4. The minimum absolute atomic E-state index is 0.0447. The van der Waals surface area contributed by atoms with Crippen LogP contribution in [0.4, 0.5) is 4.79 Å². The number of pyridine rings is 1. The average Bonchev–Trinajstić information content (AvgIpc) is 3.89. The Hall–Kier alpha value is -3.67. The molecule has 3 aromatic rings. The van der Waals surface area contributed by atoms with Crippen molar-refractivity contribution in [3.05, 3.63) is 91.9 Å². The number of carbonyl (C=O) groups is 2. The number of carbonyl (C=O) groups excluding carboxylic acids is 2. The summed E-state index contributed by atoms with van der Waals surface area (Å²) < 4.78 is 23.4. The minimum Gasteiger partial charge on any atom is -0.451 e. The van der Waals surface area contributed by atoms with Crippen molar-refractivity contribution in [3.8, 4) is 5.75 Å². The minimum atomic E-state index is -0.959. The first-order valence-corrected chi connectivity index (χ1v) is 15.1. The molecule has 2 atom stereocenters. The lowest BCUT2D eigenvalue weighted by atomic mass is 9.91. The van der Waals surface area contributed by atoms with Crippen LogP contribution < -0.4 is 15.6 Å². The Kier molecular flexibility index (Phi) is 5.52. The Morgan fingerprint density at radius 1 is 1.14 bits per heavy atom. The first-order valence-electron chi connectivity index (χ1n) is 13.7. The van der Waals surface area contributed by atoms with Gasteiger partial charge >= 0.3 is 6.16 Å². The van der Waals surface area contributed by atoms with Gasteiger partial charge in [-0.25, -0.2) is 4.79 Å². The molecular formula is C30H26ClN3O7S. The summed E-state index contributed by atoms with van der Waals surface area (Å²) in [7, 11) is 1.17. The molecule has 1 aromatic heterocycles. The summed E-state index contributed by atoms with van der Waals surface area (Å²) in [5.74, 6) is 0.273. The van der Waals surface area contributed by atoms with Gasteiger partial charge in [0.2, 0.25) is 18.0 Å². The number of thioether (sulfide) groups is 1. The van der Waals surface area contributed by atoms with Gasteiger partial charge in [0.1, 0.15) is 5.60 Å². The maximum Gasteiger partial charge on any atom is 0.510 e. The van der Waals surface area contributed by atoms with Crippen LogP contribution in [0.15, 0.2) is 58.4 Å². The van der Waals surface area contributed by atoms with E-state index in [1.807, 2.05) is 17.0 Å². The first kappa shape index (κ1) is 26.0. The van der Waals surface area contributed by atoms with E-state index >= 15 is 0 Å². The zero-order valence-electron chi connectivity index (χ0n) is 22.6. The molecule has 5 aliphatic rings. The van der Waals surface area contributed by atoms with Crippen molar-refractivity contribution in [1.82, 2.24) is 9.58 Å². The summed E-state index contributed by atoms with van der Waals surface area (Å²) in [4.78, 5) is 41.5. The van der Waals surface area contributed by atoms with Gasteiger partial charge in [-0.05, 0) is 47.2 Å². The summed E-state index contributed by atoms with van der Waals surface area (Å²) in [6.45, 7) is -0.188. The fourth-order valence-electron chi connectivity index (χ4n) is 6.79. The van der Waals surface area contributed by atoms with Crippen LogP contribution in [0.1, 0.15) is 52.0 Å². The van der Waals surface area contributed by atoms with Crippen LogP contribution >= 0.6 is 23.4 Å². The van der Waals surface area contributed by atoms with E-state index in [2.05, 4.69) is 34.4 Å². The van der Waals surface area contributed by atoms with Crippen LogP contribution in [-0.2, 0) is 32.0 Å². The monoisotopic (exact) mass is 607 g/mol. The van der Waals surface area contributed by atoms with Gasteiger partial charge in [0, 0.05) is 40.8 Å². The number of nitrogens with zero attached hydrogens (tertiary/aromatic N) is 2. The first-order chi connectivity index (χ1) is 20.3. The molecule has 1 amide bonds. The van der Waals surface area contributed by atoms with E-state index in [-0.39, 0.29) is 17.4 Å². The number of morpholine rings is 1. The fourth-order valence-corrected chi connectivity index (χ4v) is 8.16. The second kappa shape index (κ2) is 8.92.